The summed E-state index contributed by atoms with van der Waals surface area (Å²) in [5.74, 6) is 0.123. The zero-order valence-electron chi connectivity index (χ0n) is 14.4. The van der Waals surface area contributed by atoms with Crippen molar-refractivity contribution in [3.63, 3.8) is 0 Å². The molecule has 0 spiro atoms. The van der Waals surface area contributed by atoms with E-state index in [1.165, 1.54) is 16.0 Å². The van der Waals surface area contributed by atoms with Gasteiger partial charge in [0.1, 0.15) is 5.01 Å². The Morgan fingerprint density at radius 2 is 2.04 bits per heavy atom. The Kier molecular flexibility index (Phi) is 4.50. The van der Waals surface area contributed by atoms with Gasteiger partial charge < -0.3 is 0 Å². The van der Waals surface area contributed by atoms with E-state index >= 15 is 0 Å². The Balaban J connectivity index is 1.69. The second-order valence-electron chi connectivity index (χ2n) is 6.45. The summed E-state index contributed by atoms with van der Waals surface area (Å²) in [7, 11) is 0. The van der Waals surface area contributed by atoms with Crippen LogP contribution in [-0.4, -0.2) is 25.9 Å². The van der Waals surface area contributed by atoms with E-state index in [2.05, 4.69) is 20.6 Å². The zero-order valence-corrected chi connectivity index (χ0v) is 15.3. The van der Waals surface area contributed by atoms with E-state index in [-0.39, 0.29) is 17.2 Å². The number of carbonyl (C=O) groups excluding carboxylic acids is 1. The molecule has 1 aliphatic carbocycles. The van der Waals surface area contributed by atoms with Gasteiger partial charge in [-0.1, -0.05) is 42.9 Å². The molecule has 1 saturated carbocycles. The number of rotatable bonds is 6. The summed E-state index contributed by atoms with van der Waals surface area (Å²) in [5.41, 5.74) is 0.0667. The van der Waals surface area contributed by atoms with Gasteiger partial charge in [-0.05, 0) is 25.3 Å². The molecule has 7 nitrogen and oxygen atoms in total. The first kappa shape index (κ1) is 16.8. The lowest BCUT2D eigenvalue weighted by atomic mass is 10.1. The molecule has 2 aromatic heterocycles. The fourth-order valence-corrected chi connectivity index (χ4v) is 3.71. The highest BCUT2D eigenvalue weighted by molar-refractivity contribution is 7.15. The molecule has 0 atom stereocenters. The molecular formula is C18H19N5O2S. The number of hydrogen-bond acceptors (Lipinski definition) is 6. The second-order valence-corrected chi connectivity index (χ2v) is 7.46. The molecule has 1 amide bonds. The molecule has 0 aliphatic heterocycles. The van der Waals surface area contributed by atoms with Gasteiger partial charge >= 0.3 is 0 Å². The number of anilines is 1. The number of carbonyl (C=O) groups is 1. The Hall–Kier alpha value is -2.61. The van der Waals surface area contributed by atoms with Gasteiger partial charge in [-0.2, -0.15) is 5.10 Å². The molecule has 1 fully saturated rings. The average Bonchev–Trinajstić information content (AvgIpc) is 3.41. The van der Waals surface area contributed by atoms with Crippen LogP contribution < -0.4 is 10.9 Å². The van der Waals surface area contributed by atoms with Crippen LogP contribution >= 0.6 is 11.3 Å². The average molecular weight is 369 g/mol. The fraction of sp³-hybridized carbons (Fsp3) is 0.389. The summed E-state index contributed by atoms with van der Waals surface area (Å²) in [6.45, 7) is 2.54. The van der Waals surface area contributed by atoms with Gasteiger partial charge in [-0.15, -0.1) is 10.2 Å². The van der Waals surface area contributed by atoms with Gasteiger partial charge in [0.2, 0.25) is 5.13 Å². The van der Waals surface area contributed by atoms with Crippen LogP contribution in [0.4, 0.5) is 5.13 Å². The predicted octanol–water partition coefficient (Wildman–Crippen LogP) is 3.18. The molecule has 8 heteroatoms. The maximum absolute atomic E-state index is 12.8. The molecule has 4 rings (SSSR count). The number of aryl methyl sites for hydroxylation is 1. The number of nitrogens with zero attached hydrogens (tertiary/aromatic N) is 4. The maximum atomic E-state index is 12.8. The molecule has 2 heterocycles. The normalized spacial score (nSPS) is 13.9. The van der Waals surface area contributed by atoms with Crippen LogP contribution in [0, 0.1) is 0 Å². The van der Waals surface area contributed by atoms with Gasteiger partial charge in [0, 0.05) is 17.8 Å². The molecule has 134 valence electrons. The fourth-order valence-electron chi connectivity index (χ4n) is 2.80. The van der Waals surface area contributed by atoms with E-state index in [0.29, 0.717) is 28.4 Å². The van der Waals surface area contributed by atoms with Crippen molar-refractivity contribution >= 4 is 33.1 Å². The topological polar surface area (TPSA) is 89.8 Å². The van der Waals surface area contributed by atoms with E-state index < -0.39 is 0 Å². The van der Waals surface area contributed by atoms with Crippen LogP contribution in [0.2, 0.25) is 0 Å². The number of fused-ring (bicyclic) bond motifs is 1. The lowest BCUT2D eigenvalue weighted by Crippen LogP contribution is -2.27. The van der Waals surface area contributed by atoms with Gasteiger partial charge in [0.05, 0.1) is 5.39 Å². The summed E-state index contributed by atoms with van der Waals surface area (Å²) >= 11 is 1.40. The van der Waals surface area contributed by atoms with Crippen molar-refractivity contribution < 1.29 is 4.79 Å². The monoisotopic (exact) mass is 369 g/mol. The van der Waals surface area contributed by atoms with Crippen LogP contribution in [0.15, 0.2) is 29.1 Å². The number of unbranched alkanes of at least 4 members (excludes halogenated alkanes) is 1. The van der Waals surface area contributed by atoms with E-state index in [0.717, 1.165) is 30.7 Å². The van der Waals surface area contributed by atoms with Gasteiger partial charge in [0.15, 0.2) is 5.69 Å². The van der Waals surface area contributed by atoms with Crippen molar-refractivity contribution in [2.75, 3.05) is 5.32 Å². The minimum atomic E-state index is -0.370. The lowest BCUT2D eigenvalue weighted by Gasteiger charge is -2.10. The minimum Gasteiger partial charge on any atom is -0.295 e. The highest BCUT2D eigenvalue weighted by Gasteiger charge is 2.28. The molecule has 3 aromatic rings. The molecular weight excluding hydrogens is 350 g/mol. The third kappa shape index (κ3) is 3.24. The third-order valence-electron chi connectivity index (χ3n) is 4.39. The minimum absolute atomic E-state index is 0.169. The standard InChI is InChI=1S/C18H19N5O2S/c1-2-3-10-23-17(25)13-7-5-4-6-12(13)14(22-23)15(24)19-18-21-20-16(26-18)11-8-9-11/h4-7,11H,2-3,8-10H2,1H3,(H,19,21,24). The van der Waals surface area contributed by atoms with Gasteiger partial charge in [0.25, 0.3) is 11.5 Å². The van der Waals surface area contributed by atoms with Crippen molar-refractivity contribution in [3.05, 3.63) is 45.3 Å². The number of benzene rings is 1. The first-order chi connectivity index (χ1) is 12.7. The predicted molar refractivity (Wildman–Crippen MR) is 101 cm³/mol. The van der Waals surface area contributed by atoms with Crippen molar-refractivity contribution in [1.29, 1.82) is 0 Å². The number of amides is 1. The quantitative estimate of drug-likeness (QED) is 0.721. The van der Waals surface area contributed by atoms with Crippen LogP contribution in [0.3, 0.4) is 0 Å². The molecule has 0 radical (unpaired) electrons. The maximum Gasteiger partial charge on any atom is 0.278 e. The van der Waals surface area contributed by atoms with E-state index in [9.17, 15) is 9.59 Å². The SMILES string of the molecule is CCCCn1nc(C(=O)Nc2nnc(C3CC3)s2)c2ccccc2c1=O. The molecule has 0 saturated heterocycles. The number of nitrogens with one attached hydrogen (secondary N) is 1. The summed E-state index contributed by atoms with van der Waals surface area (Å²) in [4.78, 5) is 25.4. The van der Waals surface area contributed by atoms with Crippen LogP contribution in [0.1, 0.15) is 54.0 Å². The smallest absolute Gasteiger partial charge is 0.278 e. The highest BCUT2D eigenvalue weighted by Crippen LogP contribution is 2.42. The Bertz CT molecular complexity index is 1020. The zero-order chi connectivity index (χ0) is 18.1. The van der Waals surface area contributed by atoms with Crippen molar-refractivity contribution in [2.24, 2.45) is 0 Å². The summed E-state index contributed by atoms with van der Waals surface area (Å²) < 4.78 is 1.39. The Labute approximate surface area is 154 Å². The largest absolute Gasteiger partial charge is 0.295 e. The van der Waals surface area contributed by atoms with Crippen molar-refractivity contribution in [3.8, 4) is 0 Å². The lowest BCUT2D eigenvalue weighted by molar-refractivity contribution is 0.102. The van der Waals surface area contributed by atoms with Crippen molar-refractivity contribution in [1.82, 2.24) is 20.0 Å². The van der Waals surface area contributed by atoms with Crippen LogP contribution in [0.25, 0.3) is 10.8 Å². The van der Waals surface area contributed by atoms with Gasteiger partial charge in [-0.25, -0.2) is 4.68 Å². The number of aromatic nitrogens is 4. The first-order valence-corrected chi connectivity index (χ1v) is 9.63. The Morgan fingerprint density at radius 1 is 1.27 bits per heavy atom. The molecule has 26 heavy (non-hydrogen) atoms. The van der Waals surface area contributed by atoms with Gasteiger partial charge in [-0.3, -0.25) is 14.9 Å². The van der Waals surface area contributed by atoms with E-state index in [1.54, 1.807) is 24.3 Å². The highest BCUT2D eigenvalue weighted by atomic mass is 32.1. The van der Waals surface area contributed by atoms with Crippen molar-refractivity contribution in [2.45, 2.75) is 45.1 Å². The molecule has 1 N–H and O–H groups in total. The summed E-state index contributed by atoms with van der Waals surface area (Å²) in [6.07, 6.45) is 4.04. The number of hydrogen-bond donors (Lipinski definition) is 1. The first-order valence-electron chi connectivity index (χ1n) is 8.82. The van der Waals surface area contributed by atoms with E-state index in [4.69, 9.17) is 0 Å². The summed E-state index contributed by atoms with van der Waals surface area (Å²) in [5, 5.41) is 17.8. The second kappa shape index (κ2) is 6.95. The molecule has 0 unspecified atom stereocenters. The van der Waals surface area contributed by atoms with Crippen LogP contribution in [-0.2, 0) is 6.54 Å². The van der Waals surface area contributed by atoms with Crippen LogP contribution in [0.5, 0.6) is 0 Å². The summed E-state index contributed by atoms with van der Waals surface area (Å²) in [6, 6.07) is 7.07. The molecule has 1 aliphatic rings. The molecule has 0 bridgehead atoms. The Morgan fingerprint density at radius 3 is 2.77 bits per heavy atom. The van der Waals surface area contributed by atoms with E-state index in [1.807, 2.05) is 6.92 Å². The third-order valence-corrected chi connectivity index (χ3v) is 5.40. The molecule has 1 aromatic carbocycles.